The summed E-state index contributed by atoms with van der Waals surface area (Å²) in [6, 6.07) is 10.9. The van der Waals surface area contributed by atoms with Crippen molar-refractivity contribution in [3.63, 3.8) is 0 Å². The molecule has 0 atom stereocenters. The molecule has 0 saturated heterocycles. The van der Waals surface area contributed by atoms with Crippen molar-refractivity contribution in [3.8, 4) is 34.1 Å². The van der Waals surface area contributed by atoms with E-state index in [1.54, 1.807) is 44.6 Å². The summed E-state index contributed by atoms with van der Waals surface area (Å²) in [5.41, 5.74) is -1.02. The number of aromatic nitrogens is 3. The molecule has 3 aromatic heterocycles. The number of carbonyl (C=O) groups is 2. The van der Waals surface area contributed by atoms with Crippen LogP contribution in [0.5, 0.6) is 23.0 Å². The van der Waals surface area contributed by atoms with E-state index in [4.69, 9.17) is 14.2 Å². The summed E-state index contributed by atoms with van der Waals surface area (Å²) in [6.45, 7) is -0.240. The lowest BCUT2D eigenvalue weighted by Crippen LogP contribution is -2.29. The molecule has 0 aliphatic carbocycles. The SMILES string of the molecule is COc1cc2nccc(Oc3ccc(NC(=O)c4cn(CC(=O)N(C)C)cc(-c5ccc(F)cc5F)c4=O)nc3)c2cc1OC.[HH]. The van der Waals surface area contributed by atoms with Gasteiger partial charge in [-0.3, -0.25) is 19.4 Å². The molecule has 0 aliphatic rings. The smallest absolute Gasteiger partial charge is 0.262 e. The lowest BCUT2D eigenvalue weighted by atomic mass is 10.0. The quantitative estimate of drug-likeness (QED) is 0.241. The van der Waals surface area contributed by atoms with Crippen molar-refractivity contribution < 1.29 is 34.0 Å². The number of rotatable bonds is 9. The first-order chi connectivity index (χ1) is 21.6. The van der Waals surface area contributed by atoms with Crippen LogP contribution in [-0.2, 0) is 11.3 Å². The first-order valence-electron chi connectivity index (χ1n) is 13.4. The normalized spacial score (nSPS) is 10.8. The van der Waals surface area contributed by atoms with Crippen molar-refractivity contribution in [1.29, 1.82) is 0 Å². The van der Waals surface area contributed by atoms with Gasteiger partial charge in [-0.2, -0.15) is 0 Å². The summed E-state index contributed by atoms with van der Waals surface area (Å²) < 4.78 is 46.3. The van der Waals surface area contributed by atoms with E-state index in [0.717, 1.165) is 12.1 Å². The zero-order valence-electron chi connectivity index (χ0n) is 24.6. The number of nitrogens with zero attached hydrogens (tertiary/aromatic N) is 4. The molecule has 3 heterocycles. The fourth-order valence-corrected chi connectivity index (χ4v) is 4.44. The van der Waals surface area contributed by atoms with E-state index in [0.29, 0.717) is 40.0 Å². The number of halogens is 2. The highest BCUT2D eigenvalue weighted by atomic mass is 19.1. The highest BCUT2D eigenvalue weighted by Gasteiger charge is 2.20. The average molecular weight is 618 g/mol. The van der Waals surface area contributed by atoms with Crippen LogP contribution in [-0.4, -0.2) is 59.6 Å². The average Bonchev–Trinajstić information content (AvgIpc) is 3.02. The number of anilines is 1. The zero-order valence-corrected chi connectivity index (χ0v) is 24.6. The minimum atomic E-state index is -0.994. The van der Waals surface area contributed by atoms with E-state index in [-0.39, 0.29) is 36.4 Å². The summed E-state index contributed by atoms with van der Waals surface area (Å²) in [7, 11) is 6.14. The summed E-state index contributed by atoms with van der Waals surface area (Å²) >= 11 is 0. The van der Waals surface area contributed by atoms with E-state index in [1.807, 2.05) is 0 Å². The molecule has 0 spiro atoms. The van der Waals surface area contributed by atoms with Crippen molar-refractivity contribution in [2.45, 2.75) is 6.54 Å². The number of benzene rings is 2. The highest BCUT2D eigenvalue weighted by Crippen LogP contribution is 2.36. The van der Waals surface area contributed by atoms with Crippen molar-refractivity contribution in [3.05, 3.63) is 101 Å². The minimum absolute atomic E-state index is 0. The molecule has 5 rings (SSSR count). The second-order valence-electron chi connectivity index (χ2n) is 9.97. The molecular formula is C32H29F2N5O6. The number of pyridine rings is 3. The fraction of sp³-hybridized carbons (Fsp3) is 0.156. The number of ether oxygens (including phenoxy) is 3. The number of carbonyl (C=O) groups excluding carboxylic acids is 2. The van der Waals surface area contributed by atoms with Gasteiger partial charge in [0.2, 0.25) is 11.3 Å². The maximum absolute atomic E-state index is 14.7. The third kappa shape index (κ3) is 6.56. The molecular weight excluding hydrogens is 588 g/mol. The van der Waals surface area contributed by atoms with E-state index in [2.05, 4.69) is 15.3 Å². The van der Waals surface area contributed by atoms with Gasteiger partial charge in [0.05, 0.1) is 25.9 Å². The molecule has 2 amide bonds. The Morgan fingerprint density at radius 2 is 1.69 bits per heavy atom. The van der Waals surface area contributed by atoms with Gasteiger partial charge in [-0.1, -0.05) is 0 Å². The third-order valence-corrected chi connectivity index (χ3v) is 6.77. The van der Waals surface area contributed by atoms with Crippen LogP contribution in [0.3, 0.4) is 0 Å². The van der Waals surface area contributed by atoms with E-state index in [9.17, 15) is 23.2 Å². The van der Waals surface area contributed by atoms with Crippen LogP contribution in [0, 0.1) is 11.6 Å². The number of fused-ring (bicyclic) bond motifs is 1. The number of amides is 2. The molecule has 0 unspecified atom stereocenters. The van der Waals surface area contributed by atoms with Gasteiger partial charge < -0.3 is 29.0 Å². The van der Waals surface area contributed by atoms with Gasteiger partial charge in [0, 0.05) is 62.8 Å². The maximum atomic E-state index is 14.7. The molecule has 0 aliphatic heterocycles. The molecule has 1 N–H and O–H groups in total. The molecule has 2 aromatic carbocycles. The summed E-state index contributed by atoms with van der Waals surface area (Å²) in [5.74, 6) is -1.10. The van der Waals surface area contributed by atoms with E-state index >= 15 is 0 Å². The Bertz CT molecular complexity index is 1990. The van der Waals surface area contributed by atoms with Gasteiger partial charge in [0.25, 0.3) is 5.91 Å². The number of hydrogen-bond donors (Lipinski definition) is 1. The predicted molar refractivity (Wildman–Crippen MR) is 164 cm³/mol. The molecule has 0 fully saturated rings. The van der Waals surface area contributed by atoms with Crippen LogP contribution in [0.4, 0.5) is 14.6 Å². The monoisotopic (exact) mass is 617 g/mol. The maximum Gasteiger partial charge on any atom is 0.262 e. The first-order valence-corrected chi connectivity index (χ1v) is 13.4. The molecule has 5 aromatic rings. The van der Waals surface area contributed by atoms with Gasteiger partial charge in [0.1, 0.15) is 41.1 Å². The number of methoxy groups -OCH3 is 2. The topological polar surface area (TPSA) is 125 Å². The van der Waals surface area contributed by atoms with Crippen LogP contribution >= 0.6 is 0 Å². The molecule has 232 valence electrons. The van der Waals surface area contributed by atoms with Gasteiger partial charge in [0.15, 0.2) is 11.5 Å². The summed E-state index contributed by atoms with van der Waals surface area (Å²) in [4.78, 5) is 48.9. The zero-order chi connectivity index (χ0) is 32.2. The van der Waals surface area contributed by atoms with Crippen molar-refractivity contribution in [2.75, 3.05) is 33.6 Å². The van der Waals surface area contributed by atoms with Crippen molar-refractivity contribution in [1.82, 2.24) is 19.4 Å². The molecule has 0 radical (unpaired) electrons. The van der Waals surface area contributed by atoms with Crippen molar-refractivity contribution >= 4 is 28.5 Å². The molecule has 45 heavy (non-hydrogen) atoms. The second kappa shape index (κ2) is 12.8. The number of nitrogens with one attached hydrogen (secondary N) is 1. The standard InChI is InChI=1S/C32H27F2N5O6.H2/c1-38(2)30(40)17-39-15-22(20-7-5-18(33)11-24(20)34)31(41)23(16-39)32(42)37-29-8-6-19(14-36-29)45-26-9-10-35-25-13-28(44-4)27(43-3)12-21(25)26;/h5-16H,17H2,1-4H3,(H,36,37,42);1H. The van der Waals surface area contributed by atoms with E-state index in [1.165, 1.54) is 48.3 Å². The van der Waals surface area contributed by atoms with Gasteiger partial charge in [-0.15, -0.1) is 0 Å². The Balaban J connectivity index is 0.00000480. The number of hydrogen-bond acceptors (Lipinski definition) is 8. The Morgan fingerprint density at radius 3 is 2.36 bits per heavy atom. The molecule has 11 nitrogen and oxygen atoms in total. The van der Waals surface area contributed by atoms with Crippen LogP contribution in [0.25, 0.3) is 22.0 Å². The molecule has 0 saturated carbocycles. The summed E-state index contributed by atoms with van der Waals surface area (Å²) in [5, 5.41) is 3.21. The van der Waals surface area contributed by atoms with Crippen molar-refractivity contribution in [2.24, 2.45) is 0 Å². The van der Waals surface area contributed by atoms with Gasteiger partial charge >= 0.3 is 0 Å². The third-order valence-electron chi connectivity index (χ3n) is 6.77. The van der Waals surface area contributed by atoms with Crippen LogP contribution in [0.1, 0.15) is 11.8 Å². The molecule has 0 bridgehead atoms. The first kappa shape index (κ1) is 30.6. The molecule has 13 heteroatoms. The summed E-state index contributed by atoms with van der Waals surface area (Å²) in [6.07, 6.45) is 5.40. The van der Waals surface area contributed by atoms with Crippen LogP contribution in [0.2, 0.25) is 0 Å². The fourth-order valence-electron chi connectivity index (χ4n) is 4.44. The Labute approximate surface area is 257 Å². The lowest BCUT2D eigenvalue weighted by molar-refractivity contribution is -0.129. The Morgan fingerprint density at radius 1 is 0.933 bits per heavy atom. The Hall–Kier alpha value is -5.85. The van der Waals surface area contributed by atoms with Gasteiger partial charge in [-0.25, -0.2) is 13.8 Å². The largest absolute Gasteiger partial charge is 0.493 e. The minimum Gasteiger partial charge on any atom is -0.493 e. The van der Waals surface area contributed by atoms with E-state index < -0.39 is 23.0 Å². The van der Waals surface area contributed by atoms with Crippen LogP contribution < -0.4 is 25.0 Å². The predicted octanol–water partition coefficient (Wildman–Crippen LogP) is 5.13. The number of likely N-dealkylation sites (N-methyl/N-ethyl adjacent to an activating group) is 1. The second-order valence-corrected chi connectivity index (χ2v) is 9.97. The highest BCUT2D eigenvalue weighted by molar-refractivity contribution is 6.04. The Kier molecular flexibility index (Phi) is 8.70. The van der Waals surface area contributed by atoms with Crippen LogP contribution in [0.15, 0.2) is 78.1 Å². The van der Waals surface area contributed by atoms with Gasteiger partial charge in [-0.05, 0) is 36.4 Å². The lowest BCUT2D eigenvalue weighted by Gasteiger charge is -2.15.